The van der Waals surface area contributed by atoms with Gasteiger partial charge in [-0.1, -0.05) is 33.6 Å². The number of hydrogen-bond donors (Lipinski definition) is 0. The molecule has 1 unspecified atom stereocenters. The highest BCUT2D eigenvalue weighted by molar-refractivity contribution is 8.00. The Hall–Kier alpha value is -0.320. The van der Waals surface area contributed by atoms with E-state index in [4.69, 9.17) is 4.74 Å². The van der Waals surface area contributed by atoms with Crippen molar-refractivity contribution in [2.75, 3.05) is 12.4 Å². The molecule has 0 aromatic rings. The molecule has 5 heteroatoms. The third kappa shape index (κ3) is 12.0. The predicted octanol–water partition coefficient (Wildman–Crippen LogP) is 5.30. The fourth-order valence-corrected chi connectivity index (χ4v) is 3.07. The van der Waals surface area contributed by atoms with Crippen LogP contribution in [0, 0.1) is 5.92 Å². The number of ether oxygens (including phenoxy) is 1. The summed E-state index contributed by atoms with van der Waals surface area (Å²) in [6.07, 6.45) is 4.04. The zero-order valence-electron chi connectivity index (χ0n) is 13.8. The molecule has 0 radical (unpaired) electrons. The minimum atomic E-state index is -2.56. The van der Waals surface area contributed by atoms with Gasteiger partial charge in [-0.25, -0.2) is 8.78 Å². The molecule has 0 aliphatic carbocycles. The van der Waals surface area contributed by atoms with Gasteiger partial charge in [-0.05, 0) is 37.9 Å². The summed E-state index contributed by atoms with van der Waals surface area (Å²) in [5, 5.41) is -0.144. The van der Waals surface area contributed by atoms with Crippen molar-refractivity contribution in [3.05, 3.63) is 0 Å². The fraction of sp³-hybridized carbons (Fsp3) is 0.938. The Balaban J connectivity index is 3.87. The van der Waals surface area contributed by atoms with Crippen LogP contribution in [0.1, 0.15) is 66.2 Å². The number of esters is 1. The molecule has 0 bridgehead atoms. The van der Waals surface area contributed by atoms with Gasteiger partial charge in [0.2, 0.25) is 5.92 Å². The highest BCUT2D eigenvalue weighted by Crippen LogP contribution is 2.24. The lowest BCUT2D eigenvalue weighted by atomic mass is 10.1. The molecule has 0 aliphatic rings. The first-order valence-electron chi connectivity index (χ1n) is 7.94. The summed E-state index contributed by atoms with van der Waals surface area (Å²) in [6.45, 7) is 7.53. The van der Waals surface area contributed by atoms with Crippen LogP contribution in [0.25, 0.3) is 0 Å². The largest absolute Gasteiger partial charge is 0.465 e. The Morgan fingerprint density at radius 2 is 1.86 bits per heavy atom. The molecule has 0 aromatic carbocycles. The lowest BCUT2D eigenvalue weighted by Gasteiger charge is -2.19. The van der Waals surface area contributed by atoms with Crippen LogP contribution in [0.4, 0.5) is 8.78 Å². The molecule has 0 saturated heterocycles. The van der Waals surface area contributed by atoms with Crippen LogP contribution in [0.2, 0.25) is 0 Å². The summed E-state index contributed by atoms with van der Waals surface area (Å²) < 4.78 is 30.6. The van der Waals surface area contributed by atoms with Gasteiger partial charge in [0.1, 0.15) is 5.25 Å². The van der Waals surface area contributed by atoms with E-state index in [9.17, 15) is 13.6 Å². The molecule has 21 heavy (non-hydrogen) atoms. The Kier molecular flexibility index (Phi) is 11.1. The molecule has 1 atom stereocenters. The number of carbonyl (C=O) groups is 1. The quantitative estimate of drug-likeness (QED) is 0.360. The van der Waals surface area contributed by atoms with E-state index in [1.807, 2.05) is 13.8 Å². The average molecular weight is 324 g/mol. The second-order valence-electron chi connectivity index (χ2n) is 5.94. The molecule has 0 heterocycles. The van der Waals surface area contributed by atoms with Crippen LogP contribution >= 0.6 is 11.8 Å². The van der Waals surface area contributed by atoms with Crippen molar-refractivity contribution in [1.82, 2.24) is 0 Å². The normalized spacial score (nSPS) is 13.5. The van der Waals surface area contributed by atoms with Gasteiger partial charge >= 0.3 is 5.97 Å². The minimum Gasteiger partial charge on any atom is -0.465 e. The molecule has 0 rings (SSSR count). The first-order valence-corrected chi connectivity index (χ1v) is 8.99. The Morgan fingerprint density at radius 3 is 2.38 bits per heavy atom. The second-order valence-corrected chi connectivity index (χ2v) is 7.19. The number of alkyl halides is 2. The van der Waals surface area contributed by atoms with E-state index >= 15 is 0 Å². The summed E-state index contributed by atoms with van der Waals surface area (Å²) in [7, 11) is 0. The lowest BCUT2D eigenvalue weighted by Crippen LogP contribution is -2.26. The monoisotopic (exact) mass is 324 g/mol. The summed E-state index contributed by atoms with van der Waals surface area (Å²) in [5.74, 6) is -1.65. The van der Waals surface area contributed by atoms with Crippen LogP contribution in [-0.2, 0) is 9.53 Å². The number of carbonyl (C=O) groups excluding carboxylic acids is 1. The van der Waals surface area contributed by atoms with E-state index in [1.54, 1.807) is 11.8 Å². The van der Waals surface area contributed by atoms with E-state index < -0.39 is 5.92 Å². The zero-order valence-corrected chi connectivity index (χ0v) is 14.6. The maximum atomic E-state index is 12.7. The maximum absolute atomic E-state index is 12.7. The van der Waals surface area contributed by atoms with Crippen LogP contribution in [0.15, 0.2) is 0 Å². The zero-order chi connectivity index (χ0) is 16.3. The van der Waals surface area contributed by atoms with Crippen molar-refractivity contribution in [3.8, 4) is 0 Å². The summed E-state index contributed by atoms with van der Waals surface area (Å²) in [6, 6.07) is 0. The summed E-state index contributed by atoms with van der Waals surface area (Å²) in [4.78, 5) is 12.0. The van der Waals surface area contributed by atoms with E-state index in [0.717, 1.165) is 38.4 Å². The topological polar surface area (TPSA) is 26.3 Å². The molecule has 2 nitrogen and oxygen atoms in total. The summed E-state index contributed by atoms with van der Waals surface area (Å²) >= 11 is 1.59. The Labute approximate surface area is 132 Å². The number of unbranched alkanes of at least 4 members (excludes halogenated alkanes) is 3. The van der Waals surface area contributed by atoms with E-state index in [2.05, 4.69) is 6.92 Å². The molecule has 0 aliphatic heterocycles. The Morgan fingerprint density at radius 1 is 1.19 bits per heavy atom. The van der Waals surface area contributed by atoms with E-state index in [0.29, 0.717) is 13.0 Å². The van der Waals surface area contributed by atoms with Gasteiger partial charge in [0.25, 0.3) is 0 Å². The second kappa shape index (κ2) is 11.3. The Bertz CT molecular complexity index is 278. The van der Waals surface area contributed by atoms with E-state index in [-0.39, 0.29) is 23.6 Å². The number of rotatable bonds is 12. The average Bonchev–Trinajstić information content (AvgIpc) is 2.36. The molecular formula is C16H30F2O2S. The van der Waals surface area contributed by atoms with Gasteiger partial charge in [-0.3, -0.25) is 4.79 Å². The first-order chi connectivity index (χ1) is 9.78. The highest BCUT2D eigenvalue weighted by atomic mass is 32.2. The summed E-state index contributed by atoms with van der Waals surface area (Å²) in [5.41, 5.74) is 0. The van der Waals surface area contributed by atoms with Crippen molar-refractivity contribution in [2.45, 2.75) is 77.4 Å². The lowest BCUT2D eigenvalue weighted by molar-refractivity contribution is -0.143. The molecular weight excluding hydrogens is 294 g/mol. The van der Waals surface area contributed by atoms with Crippen molar-refractivity contribution >= 4 is 17.7 Å². The van der Waals surface area contributed by atoms with Gasteiger partial charge in [0.05, 0.1) is 6.61 Å². The van der Waals surface area contributed by atoms with Crippen LogP contribution in [0.5, 0.6) is 0 Å². The molecule has 0 spiro atoms. The molecule has 0 amide bonds. The molecule has 0 fully saturated rings. The van der Waals surface area contributed by atoms with Crippen LogP contribution in [-0.4, -0.2) is 29.5 Å². The van der Waals surface area contributed by atoms with Crippen molar-refractivity contribution in [1.29, 1.82) is 0 Å². The van der Waals surface area contributed by atoms with Gasteiger partial charge < -0.3 is 4.74 Å². The van der Waals surface area contributed by atoms with E-state index in [1.165, 1.54) is 0 Å². The van der Waals surface area contributed by atoms with Crippen molar-refractivity contribution in [3.63, 3.8) is 0 Å². The highest BCUT2D eigenvalue weighted by Gasteiger charge is 2.24. The van der Waals surface area contributed by atoms with Crippen LogP contribution in [0.3, 0.4) is 0 Å². The molecule has 126 valence electrons. The van der Waals surface area contributed by atoms with Crippen molar-refractivity contribution < 1.29 is 18.3 Å². The maximum Gasteiger partial charge on any atom is 0.319 e. The molecule has 0 N–H and O–H groups in total. The van der Waals surface area contributed by atoms with Gasteiger partial charge in [0, 0.05) is 6.42 Å². The number of thioether (sulfide) groups is 1. The fourth-order valence-electron chi connectivity index (χ4n) is 1.86. The smallest absolute Gasteiger partial charge is 0.319 e. The SMILES string of the molecule is CCCCOC(=O)C(SCCCCCC(C)(F)F)C(C)C. The minimum absolute atomic E-state index is 0.0513. The first kappa shape index (κ1) is 20.7. The third-order valence-electron chi connectivity index (χ3n) is 3.14. The molecule has 0 saturated carbocycles. The number of hydrogen-bond acceptors (Lipinski definition) is 3. The number of halogens is 2. The predicted molar refractivity (Wildman–Crippen MR) is 86.0 cm³/mol. The van der Waals surface area contributed by atoms with Gasteiger partial charge in [-0.15, -0.1) is 11.8 Å². The van der Waals surface area contributed by atoms with Crippen LogP contribution < -0.4 is 0 Å². The molecule has 0 aromatic heterocycles. The van der Waals surface area contributed by atoms with Gasteiger partial charge in [-0.2, -0.15) is 0 Å². The van der Waals surface area contributed by atoms with Gasteiger partial charge in [0.15, 0.2) is 0 Å². The third-order valence-corrected chi connectivity index (χ3v) is 4.76. The van der Waals surface area contributed by atoms with Crippen molar-refractivity contribution in [2.24, 2.45) is 5.92 Å². The standard InChI is InChI=1S/C16H30F2O2S/c1-5-6-11-20-15(19)14(13(2)3)21-12-9-7-8-10-16(4,17)18/h13-14H,5-12H2,1-4H3.